The van der Waals surface area contributed by atoms with Crippen LogP contribution in [-0.2, 0) is 6.54 Å². The number of anilines is 1. The number of hydrogen-bond donors (Lipinski definition) is 0. The molecule has 7 nitrogen and oxygen atoms in total. The van der Waals surface area contributed by atoms with Gasteiger partial charge in [0.05, 0.1) is 19.7 Å². The second kappa shape index (κ2) is 7.27. The maximum atomic E-state index is 7.31. The van der Waals surface area contributed by atoms with Crippen molar-refractivity contribution in [1.82, 2.24) is 15.2 Å². The summed E-state index contributed by atoms with van der Waals surface area (Å²) in [5.41, 5.74) is 2.26. The minimum Gasteiger partial charge on any atom is -0.417 e. The molecule has 7 heteroatoms. The van der Waals surface area contributed by atoms with Gasteiger partial charge in [0.15, 0.2) is 11.4 Å². The fourth-order valence-corrected chi connectivity index (χ4v) is 2.84. The van der Waals surface area contributed by atoms with E-state index < -0.39 is 0 Å². The Labute approximate surface area is 156 Å². The third-order valence-corrected chi connectivity index (χ3v) is 4.42. The molecule has 1 aliphatic carbocycles. The van der Waals surface area contributed by atoms with Crippen molar-refractivity contribution in [2.24, 2.45) is 5.92 Å². The van der Waals surface area contributed by atoms with Gasteiger partial charge in [0, 0.05) is 18.4 Å². The van der Waals surface area contributed by atoms with E-state index in [4.69, 9.17) is 17.6 Å². The standard InChI is InChI=1S/C20H16N6O/c1-21-16-9-8-15(11-18(16)22-2)26(12-14-6-7-14)13-19-24-25-20(27-19)17-5-3-4-10-23-17/h3-5,8-11,14H,6-7,12-13H2. The molecule has 0 N–H and O–H groups in total. The zero-order valence-corrected chi connectivity index (χ0v) is 14.5. The van der Waals surface area contributed by atoms with Gasteiger partial charge in [-0.3, -0.25) is 14.7 Å². The molecule has 0 aliphatic heterocycles. The Hall–Kier alpha value is -3.71. The van der Waals surface area contributed by atoms with Crippen molar-refractivity contribution in [3.8, 4) is 11.6 Å². The fourth-order valence-electron chi connectivity index (χ4n) is 2.84. The maximum Gasteiger partial charge on any atom is 0.266 e. The van der Waals surface area contributed by atoms with Crippen LogP contribution < -0.4 is 4.90 Å². The van der Waals surface area contributed by atoms with Crippen LogP contribution in [0, 0.1) is 19.1 Å². The maximum absolute atomic E-state index is 7.31. The number of pyridine rings is 1. The average Bonchev–Trinajstić information content (AvgIpc) is 3.42. The topological polar surface area (TPSA) is 63.8 Å². The average molecular weight is 356 g/mol. The summed E-state index contributed by atoms with van der Waals surface area (Å²) in [6.07, 6.45) is 4.09. The first-order valence-electron chi connectivity index (χ1n) is 8.64. The molecule has 0 radical (unpaired) electrons. The van der Waals surface area contributed by atoms with Gasteiger partial charge in [-0.05, 0) is 37.0 Å². The monoisotopic (exact) mass is 356 g/mol. The molecule has 2 heterocycles. The summed E-state index contributed by atoms with van der Waals surface area (Å²) in [7, 11) is 0. The van der Waals surface area contributed by atoms with Gasteiger partial charge in [0.1, 0.15) is 5.69 Å². The molecule has 27 heavy (non-hydrogen) atoms. The normalized spacial score (nSPS) is 13.0. The van der Waals surface area contributed by atoms with Crippen LogP contribution in [0.25, 0.3) is 21.3 Å². The highest BCUT2D eigenvalue weighted by molar-refractivity contribution is 5.75. The molecule has 3 aromatic rings. The smallest absolute Gasteiger partial charge is 0.266 e. The van der Waals surface area contributed by atoms with Crippen LogP contribution in [0.2, 0.25) is 0 Å². The van der Waals surface area contributed by atoms with E-state index in [1.165, 1.54) is 12.8 Å². The molecule has 1 aliphatic rings. The van der Waals surface area contributed by atoms with E-state index >= 15 is 0 Å². The van der Waals surface area contributed by atoms with Gasteiger partial charge >= 0.3 is 0 Å². The number of benzene rings is 1. The molecule has 4 rings (SSSR count). The molecular weight excluding hydrogens is 340 g/mol. The van der Waals surface area contributed by atoms with Crippen molar-refractivity contribution in [1.29, 1.82) is 0 Å². The van der Waals surface area contributed by atoms with E-state index in [0.29, 0.717) is 41.3 Å². The third kappa shape index (κ3) is 3.78. The van der Waals surface area contributed by atoms with Crippen LogP contribution in [-0.4, -0.2) is 21.7 Å². The zero-order valence-electron chi connectivity index (χ0n) is 14.5. The largest absolute Gasteiger partial charge is 0.417 e. The minimum atomic E-state index is 0.364. The van der Waals surface area contributed by atoms with Crippen molar-refractivity contribution in [2.75, 3.05) is 11.4 Å². The quantitative estimate of drug-likeness (QED) is 0.602. The van der Waals surface area contributed by atoms with Crippen molar-refractivity contribution in [3.63, 3.8) is 0 Å². The van der Waals surface area contributed by atoms with E-state index in [1.54, 1.807) is 18.3 Å². The lowest BCUT2D eigenvalue weighted by atomic mass is 10.2. The Balaban J connectivity index is 1.59. The van der Waals surface area contributed by atoms with Gasteiger partial charge in [-0.15, -0.1) is 10.2 Å². The van der Waals surface area contributed by atoms with Crippen molar-refractivity contribution < 1.29 is 4.42 Å². The molecule has 0 spiro atoms. The Bertz CT molecular complexity index is 1030. The Morgan fingerprint density at radius 2 is 1.93 bits per heavy atom. The van der Waals surface area contributed by atoms with Crippen molar-refractivity contribution >= 4 is 17.1 Å². The highest BCUT2D eigenvalue weighted by atomic mass is 16.4. The van der Waals surface area contributed by atoms with E-state index in [1.807, 2.05) is 24.3 Å². The fraction of sp³-hybridized carbons (Fsp3) is 0.250. The summed E-state index contributed by atoms with van der Waals surface area (Å²) in [5.74, 6) is 1.53. The number of hydrogen-bond acceptors (Lipinski definition) is 5. The van der Waals surface area contributed by atoms with Gasteiger partial charge in [-0.25, -0.2) is 0 Å². The summed E-state index contributed by atoms with van der Waals surface area (Å²) >= 11 is 0. The highest BCUT2D eigenvalue weighted by Gasteiger charge is 2.26. The molecule has 1 saturated carbocycles. The van der Waals surface area contributed by atoms with Crippen LogP contribution in [0.5, 0.6) is 0 Å². The van der Waals surface area contributed by atoms with Gasteiger partial charge in [0.2, 0.25) is 5.89 Å². The summed E-state index contributed by atoms with van der Waals surface area (Å²) < 4.78 is 5.79. The molecule has 1 aromatic carbocycles. The molecule has 0 atom stereocenters. The summed E-state index contributed by atoms with van der Waals surface area (Å²) in [6, 6.07) is 10.9. The van der Waals surface area contributed by atoms with Crippen LogP contribution >= 0.6 is 0 Å². The van der Waals surface area contributed by atoms with Gasteiger partial charge < -0.3 is 9.32 Å². The third-order valence-electron chi connectivity index (χ3n) is 4.42. The van der Waals surface area contributed by atoms with Crippen LogP contribution in [0.1, 0.15) is 18.7 Å². The van der Waals surface area contributed by atoms with Crippen molar-refractivity contribution in [3.05, 3.63) is 71.3 Å². The molecule has 132 valence electrons. The first-order chi connectivity index (χ1) is 13.3. The summed E-state index contributed by atoms with van der Waals surface area (Å²) in [4.78, 5) is 13.2. The Kier molecular flexibility index (Phi) is 4.51. The molecular formula is C20H16N6O. The molecule has 0 saturated heterocycles. The van der Waals surface area contributed by atoms with Gasteiger partial charge in [-0.2, -0.15) is 0 Å². The Morgan fingerprint density at radius 1 is 1.07 bits per heavy atom. The molecule has 0 unspecified atom stereocenters. The van der Waals surface area contributed by atoms with Gasteiger partial charge in [0.25, 0.3) is 5.89 Å². The van der Waals surface area contributed by atoms with Crippen LogP contribution in [0.3, 0.4) is 0 Å². The Morgan fingerprint density at radius 3 is 2.63 bits per heavy atom. The number of rotatable bonds is 6. The summed E-state index contributed by atoms with van der Waals surface area (Å²) in [5, 5.41) is 8.25. The van der Waals surface area contributed by atoms with Crippen LogP contribution in [0.4, 0.5) is 17.1 Å². The highest BCUT2D eigenvalue weighted by Crippen LogP contribution is 2.36. The van der Waals surface area contributed by atoms with Crippen LogP contribution in [0.15, 0.2) is 47.0 Å². The lowest BCUT2D eigenvalue weighted by molar-refractivity contribution is 0.493. The second-order valence-corrected chi connectivity index (χ2v) is 6.44. The minimum absolute atomic E-state index is 0.364. The lowest BCUT2D eigenvalue weighted by Gasteiger charge is -2.23. The summed E-state index contributed by atoms with van der Waals surface area (Å²) in [6.45, 7) is 15.8. The van der Waals surface area contributed by atoms with E-state index in [0.717, 1.165) is 12.2 Å². The first kappa shape index (κ1) is 16.7. The van der Waals surface area contributed by atoms with E-state index in [9.17, 15) is 0 Å². The van der Waals surface area contributed by atoms with Crippen molar-refractivity contribution in [2.45, 2.75) is 19.4 Å². The molecule has 2 aromatic heterocycles. The van der Waals surface area contributed by atoms with Gasteiger partial charge in [-0.1, -0.05) is 18.2 Å². The zero-order chi connectivity index (χ0) is 18.6. The number of nitrogens with zero attached hydrogens (tertiary/aromatic N) is 6. The van der Waals surface area contributed by atoms with E-state index in [-0.39, 0.29) is 0 Å². The lowest BCUT2D eigenvalue weighted by Crippen LogP contribution is -2.25. The molecule has 0 bridgehead atoms. The predicted molar refractivity (Wildman–Crippen MR) is 100 cm³/mol. The first-order valence-corrected chi connectivity index (χ1v) is 8.64. The van der Waals surface area contributed by atoms with E-state index in [2.05, 4.69) is 29.8 Å². The predicted octanol–water partition coefficient (Wildman–Crippen LogP) is 4.65. The molecule has 1 fully saturated rings. The second-order valence-electron chi connectivity index (χ2n) is 6.44. The number of aromatic nitrogens is 3. The molecule has 0 amide bonds. The SMILES string of the molecule is [C-]#[N+]c1ccc(N(Cc2nnc(-c3ccccn3)o2)CC2CC2)cc1[N+]#[C-].